The highest BCUT2D eigenvalue weighted by molar-refractivity contribution is 9.10. The van der Waals surface area contributed by atoms with Crippen molar-refractivity contribution in [3.05, 3.63) is 20.8 Å². The van der Waals surface area contributed by atoms with Gasteiger partial charge in [0.2, 0.25) is 0 Å². The SMILES string of the molecule is O=C(CNC1CC1)c1cc(Br)cs1. The second-order valence-corrected chi connectivity index (χ2v) is 5.03. The molecule has 4 heteroatoms. The lowest BCUT2D eigenvalue weighted by Gasteiger charge is -1.98. The van der Waals surface area contributed by atoms with E-state index in [2.05, 4.69) is 21.2 Å². The summed E-state index contributed by atoms with van der Waals surface area (Å²) >= 11 is 4.82. The Morgan fingerprint density at radius 1 is 1.69 bits per heavy atom. The number of hydrogen-bond acceptors (Lipinski definition) is 3. The highest BCUT2D eigenvalue weighted by atomic mass is 79.9. The molecule has 0 spiro atoms. The van der Waals surface area contributed by atoms with Crippen LogP contribution in [0.5, 0.6) is 0 Å². The van der Waals surface area contributed by atoms with Gasteiger partial charge in [0.15, 0.2) is 5.78 Å². The number of rotatable bonds is 4. The zero-order valence-corrected chi connectivity index (χ0v) is 9.45. The summed E-state index contributed by atoms with van der Waals surface area (Å²) < 4.78 is 0.993. The van der Waals surface area contributed by atoms with Gasteiger partial charge in [-0.05, 0) is 34.8 Å². The normalized spacial score (nSPS) is 16.1. The Morgan fingerprint density at radius 2 is 2.46 bits per heavy atom. The standard InChI is InChI=1S/C9H10BrNOS/c10-6-3-9(13-5-6)8(12)4-11-7-1-2-7/h3,5,7,11H,1-2,4H2. The third-order valence-corrected chi connectivity index (χ3v) is 3.70. The van der Waals surface area contributed by atoms with Crippen LogP contribution in [-0.2, 0) is 0 Å². The molecule has 1 N–H and O–H groups in total. The van der Waals surface area contributed by atoms with Gasteiger partial charge in [0.05, 0.1) is 11.4 Å². The molecule has 1 aliphatic rings. The number of nitrogens with one attached hydrogen (secondary N) is 1. The summed E-state index contributed by atoms with van der Waals surface area (Å²) in [5.41, 5.74) is 0. The molecule has 2 nitrogen and oxygen atoms in total. The van der Waals surface area contributed by atoms with Gasteiger partial charge in [0, 0.05) is 15.9 Å². The van der Waals surface area contributed by atoms with E-state index >= 15 is 0 Å². The van der Waals surface area contributed by atoms with Crippen molar-refractivity contribution in [1.29, 1.82) is 0 Å². The summed E-state index contributed by atoms with van der Waals surface area (Å²) in [5.74, 6) is 0.197. The molecular weight excluding hydrogens is 250 g/mol. The third kappa shape index (κ3) is 2.62. The van der Waals surface area contributed by atoms with Gasteiger partial charge in [-0.1, -0.05) is 0 Å². The first-order valence-electron chi connectivity index (χ1n) is 4.26. The summed E-state index contributed by atoms with van der Waals surface area (Å²) in [7, 11) is 0. The zero-order chi connectivity index (χ0) is 9.26. The highest BCUT2D eigenvalue weighted by Gasteiger charge is 2.21. The number of Topliss-reactive ketones (excluding diaryl/α,β-unsaturated/α-hetero) is 1. The Labute approximate surface area is 89.5 Å². The van der Waals surface area contributed by atoms with Gasteiger partial charge < -0.3 is 5.32 Å². The Hall–Kier alpha value is -0.190. The molecule has 13 heavy (non-hydrogen) atoms. The van der Waals surface area contributed by atoms with E-state index in [0.29, 0.717) is 12.6 Å². The van der Waals surface area contributed by atoms with E-state index in [1.807, 2.05) is 11.4 Å². The molecular formula is C9H10BrNOS. The Bertz CT molecular complexity index is 319. The maximum absolute atomic E-state index is 11.5. The zero-order valence-electron chi connectivity index (χ0n) is 7.05. The molecule has 1 aromatic rings. The minimum absolute atomic E-state index is 0.197. The average Bonchev–Trinajstić information content (AvgIpc) is 2.84. The second kappa shape index (κ2) is 3.90. The van der Waals surface area contributed by atoms with Crippen molar-refractivity contribution in [3.63, 3.8) is 0 Å². The Balaban J connectivity index is 1.88. The molecule has 0 unspecified atom stereocenters. The van der Waals surface area contributed by atoms with Crippen LogP contribution in [0.1, 0.15) is 22.5 Å². The van der Waals surface area contributed by atoms with Gasteiger partial charge in [-0.25, -0.2) is 0 Å². The van der Waals surface area contributed by atoms with Crippen LogP contribution >= 0.6 is 27.3 Å². The van der Waals surface area contributed by atoms with Crippen molar-refractivity contribution in [2.75, 3.05) is 6.54 Å². The van der Waals surface area contributed by atoms with Crippen LogP contribution in [0.2, 0.25) is 0 Å². The molecule has 0 bridgehead atoms. The van der Waals surface area contributed by atoms with E-state index < -0.39 is 0 Å². The van der Waals surface area contributed by atoms with E-state index in [-0.39, 0.29) is 5.78 Å². The molecule has 0 saturated heterocycles. The predicted octanol–water partition coefficient (Wildman–Crippen LogP) is 2.45. The van der Waals surface area contributed by atoms with Crippen LogP contribution in [0.3, 0.4) is 0 Å². The summed E-state index contributed by atoms with van der Waals surface area (Å²) in [4.78, 5) is 12.4. The van der Waals surface area contributed by atoms with E-state index in [4.69, 9.17) is 0 Å². The van der Waals surface area contributed by atoms with Crippen molar-refractivity contribution < 1.29 is 4.79 Å². The minimum Gasteiger partial charge on any atom is -0.307 e. The third-order valence-electron chi connectivity index (χ3n) is 1.97. The Morgan fingerprint density at radius 3 is 3.00 bits per heavy atom. The number of thiophene rings is 1. The van der Waals surface area contributed by atoms with Crippen molar-refractivity contribution in [2.24, 2.45) is 0 Å². The Kier molecular flexibility index (Phi) is 2.81. The predicted molar refractivity (Wildman–Crippen MR) is 57.4 cm³/mol. The lowest BCUT2D eigenvalue weighted by molar-refractivity contribution is 0.0994. The molecule has 0 aromatic carbocycles. The molecule has 70 valence electrons. The fourth-order valence-electron chi connectivity index (χ4n) is 1.07. The molecule has 1 aliphatic carbocycles. The van der Waals surface area contributed by atoms with E-state index in [0.717, 1.165) is 9.35 Å². The van der Waals surface area contributed by atoms with Crippen molar-refractivity contribution in [3.8, 4) is 0 Å². The largest absolute Gasteiger partial charge is 0.307 e. The van der Waals surface area contributed by atoms with E-state index in [1.165, 1.54) is 24.2 Å². The molecule has 0 aliphatic heterocycles. The highest BCUT2D eigenvalue weighted by Crippen LogP contribution is 2.21. The number of halogens is 1. The molecule has 1 aromatic heterocycles. The lowest BCUT2D eigenvalue weighted by atomic mass is 10.3. The van der Waals surface area contributed by atoms with Crippen LogP contribution in [0.4, 0.5) is 0 Å². The summed E-state index contributed by atoms with van der Waals surface area (Å²) in [6, 6.07) is 2.48. The van der Waals surface area contributed by atoms with Crippen LogP contribution in [-0.4, -0.2) is 18.4 Å². The van der Waals surface area contributed by atoms with Gasteiger partial charge in [0.25, 0.3) is 0 Å². The van der Waals surface area contributed by atoms with Crippen LogP contribution < -0.4 is 5.32 Å². The monoisotopic (exact) mass is 259 g/mol. The summed E-state index contributed by atoms with van der Waals surface area (Å²) in [6.07, 6.45) is 2.45. The molecule has 0 atom stereocenters. The van der Waals surface area contributed by atoms with Gasteiger partial charge in [-0.2, -0.15) is 0 Å². The van der Waals surface area contributed by atoms with Crippen molar-refractivity contribution in [1.82, 2.24) is 5.32 Å². The van der Waals surface area contributed by atoms with E-state index in [9.17, 15) is 4.79 Å². The smallest absolute Gasteiger partial charge is 0.186 e. The summed E-state index contributed by atoms with van der Waals surface area (Å²) in [6.45, 7) is 0.484. The topological polar surface area (TPSA) is 29.1 Å². The summed E-state index contributed by atoms with van der Waals surface area (Å²) in [5, 5.41) is 5.14. The van der Waals surface area contributed by atoms with E-state index in [1.54, 1.807) is 0 Å². The molecule has 2 rings (SSSR count). The van der Waals surface area contributed by atoms with Gasteiger partial charge in [0.1, 0.15) is 0 Å². The van der Waals surface area contributed by atoms with Crippen LogP contribution in [0, 0.1) is 0 Å². The lowest BCUT2D eigenvalue weighted by Crippen LogP contribution is -2.24. The number of carbonyl (C=O) groups excluding carboxylic acids is 1. The molecule has 1 saturated carbocycles. The van der Waals surface area contributed by atoms with Crippen molar-refractivity contribution in [2.45, 2.75) is 18.9 Å². The molecule has 0 amide bonds. The quantitative estimate of drug-likeness (QED) is 0.842. The van der Waals surface area contributed by atoms with Gasteiger partial charge >= 0.3 is 0 Å². The molecule has 0 radical (unpaired) electrons. The number of ketones is 1. The first-order chi connectivity index (χ1) is 6.25. The number of hydrogen-bond donors (Lipinski definition) is 1. The molecule has 1 fully saturated rings. The minimum atomic E-state index is 0.197. The van der Waals surface area contributed by atoms with Crippen molar-refractivity contribution >= 4 is 33.0 Å². The maximum Gasteiger partial charge on any atom is 0.186 e. The van der Waals surface area contributed by atoms with Gasteiger partial charge in [-0.3, -0.25) is 4.79 Å². The van der Waals surface area contributed by atoms with Gasteiger partial charge in [-0.15, -0.1) is 11.3 Å². The first kappa shape index (κ1) is 9.37. The van der Waals surface area contributed by atoms with Crippen LogP contribution in [0.25, 0.3) is 0 Å². The fourth-order valence-corrected chi connectivity index (χ4v) is 2.44. The maximum atomic E-state index is 11.5. The first-order valence-corrected chi connectivity index (χ1v) is 5.93. The average molecular weight is 260 g/mol. The number of carbonyl (C=O) groups is 1. The second-order valence-electron chi connectivity index (χ2n) is 3.21. The van der Waals surface area contributed by atoms with Crippen LogP contribution in [0.15, 0.2) is 15.9 Å². The fraction of sp³-hybridized carbons (Fsp3) is 0.444. The molecule has 1 heterocycles.